The Hall–Kier alpha value is -6.44. The van der Waals surface area contributed by atoms with Crippen molar-refractivity contribution in [2.75, 3.05) is 4.90 Å². The lowest BCUT2D eigenvalue weighted by atomic mass is 9.77. The topological polar surface area (TPSA) is 3.24 Å². The van der Waals surface area contributed by atoms with Crippen LogP contribution in [0.15, 0.2) is 212 Å². The SMILES string of the molecule is c1ccc(-c2c(-c3ccccc3)c(-c3ccccc3)c(N(c3ccccc3)c3ccccc3)c(-c3ccccc3)c2-c2ccccc2)cc1. The second kappa shape index (κ2) is 13.7. The van der Waals surface area contributed by atoms with E-state index in [0.717, 1.165) is 28.2 Å². The molecule has 8 aromatic carbocycles. The van der Waals surface area contributed by atoms with Crippen LogP contribution >= 0.6 is 0 Å². The Balaban J connectivity index is 1.70. The first-order valence-corrected chi connectivity index (χ1v) is 16.8. The van der Waals surface area contributed by atoms with Gasteiger partial charge in [-0.1, -0.05) is 188 Å². The highest BCUT2D eigenvalue weighted by molar-refractivity contribution is 6.16. The molecule has 0 N–H and O–H groups in total. The smallest absolute Gasteiger partial charge is 0.0631 e. The molecule has 1 nitrogen and oxygen atoms in total. The van der Waals surface area contributed by atoms with Gasteiger partial charge in [-0.3, -0.25) is 0 Å². The fourth-order valence-corrected chi connectivity index (χ4v) is 6.97. The van der Waals surface area contributed by atoms with Gasteiger partial charge < -0.3 is 4.90 Å². The lowest BCUT2D eigenvalue weighted by Gasteiger charge is -2.35. The Labute approximate surface area is 289 Å². The number of rotatable bonds is 8. The number of hydrogen-bond acceptors (Lipinski definition) is 1. The number of benzene rings is 8. The molecule has 0 bridgehead atoms. The highest BCUT2D eigenvalue weighted by Gasteiger charge is 2.31. The van der Waals surface area contributed by atoms with Gasteiger partial charge >= 0.3 is 0 Å². The summed E-state index contributed by atoms with van der Waals surface area (Å²) in [7, 11) is 0. The molecule has 0 radical (unpaired) electrons. The van der Waals surface area contributed by atoms with Crippen LogP contribution in [-0.4, -0.2) is 0 Å². The molecule has 0 atom stereocenters. The molecule has 0 spiro atoms. The maximum Gasteiger partial charge on any atom is 0.0631 e. The third kappa shape index (κ3) is 5.84. The van der Waals surface area contributed by atoms with E-state index >= 15 is 0 Å². The van der Waals surface area contributed by atoms with Crippen LogP contribution in [0.3, 0.4) is 0 Å². The van der Waals surface area contributed by atoms with Gasteiger partial charge in [0.2, 0.25) is 0 Å². The minimum atomic E-state index is 1.09. The van der Waals surface area contributed by atoms with E-state index in [1.807, 2.05) is 0 Å². The molecule has 0 heterocycles. The van der Waals surface area contributed by atoms with Gasteiger partial charge in [0.15, 0.2) is 0 Å². The lowest BCUT2D eigenvalue weighted by Crippen LogP contribution is -2.14. The summed E-state index contributed by atoms with van der Waals surface area (Å²) in [5.41, 5.74) is 15.1. The second-order valence-electron chi connectivity index (χ2n) is 12.1. The van der Waals surface area contributed by atoms with Crippen molar-refractivity contribution in [3.05, 3.63) is 212 Å². The first-order chi connectivity index (χ1) is 24.4. The quantitative estimate of drug-likeness (QED) is 0.162. The predicted octanol–water partition coefficient (Wildman–Crippen LogP) is 13.5. The average molecular weight is 626 g/mol. The maximum atomic E-state index is 2.46. The molecule has 49 heavy (non-hydrogen) atoms. The number of anilines is 3. The fraction of sp³-hybridized carbons (Fsp3) is 0. The molecule has 0 amide bonds. The van der Waals surface area contributed by atoms with Crippen LogP contribution in [-0.2, 0) is 0 Å². The van der Waals surface area contributed by atoms with Gasteiger partial charge in [-0.05, 0) is 57.6 Å². The third-order valence-electron chi connectivity index (χ3n) is 9.04. The van der Waals surface area contributed by atoms with E-state index in [2.05, 4.69) is 217 Å². The van der Waals surface area contributed by atoms with Crippen LogP contribution in [0, 0.1) is 0 Å². The van der Waals surface area contributed by atoms with Crippen LogP contribution in [0.1, 0.15) is 0 Å². The zero-order chi connectivity index (χ0) is 32.8. The summed E-state index contributed by atoms with van der Waals surface area (Å²) >= 11 is 0. The van der Waals surface area contributed by atoms with E-state index in [4.69, 9.17) is 0 Å². The van der Waals surface area contributed by atoms with Crippen molar-refractivity contribution in [3.63, 3.8) is 0 Å². The minimum absolute atomic E-state index is 1.09. The Bertz CT molecular complexity index is 2120. The van der Waals surface area contributed by atoms with Crippen molar-refractivity contribution in [1.82, 2.24) is 0 Å². The van der Waals surface area contributed by atoms with E-state index in [0.29, 0.717) is 0 Å². The van der Waals surface area contributed by atoms with E-state index < -0.39 is 0 Å². The summed E-state index contributed by atoms with van der Waals surface area (Å²) < 4.78 is 0. The zero-order valence-corrected chi connectivity index (χ0v) is 27.2. The van der Waals surface area contributed by atoms with Crippen LogP contribution in [0.25, 0.3) is 55.6 Å². The average Bonchev–Trinajstić information content (AvgIpc) is 3.20. The van der Waals surface area contributed by atoms with Crippen molar-refractivity contribution in [2.45, 2.75) is 0 Å². The normalized spacial score (nSPS) is 10.9. The predicted molar refractivity (Wildman–Crippen MR) is 208 cm³/mol. The minimum Gasteiger partial charge on any atom is -0.309 e. The van der Waals surface area contributed by atoms with Crippen molar-refractivity contribution in [3.8, 4) is 55.6 Å². The maximum absolute atomic E-state index is 2.46. The van der Waals surface area contributed by atoms with E-state index in [1.54, 1.807) is 0 Å². The molecule has 0 saturated heterocycles. The van der Waals surface area contributed by atoms with Crippen LogP contribution < -0.4 is 4.90 Å². The first kappa shape index (κ1) is 29.9. The van der Waals surface area contributed by atoms with Gasteiger partial charge in [-0.15, -0.1) is 0 Å². The van der Waals surface area contributed by atoms with Gasteiger partial charge in [-0.25, -0.2) is 0 Å². The second-order valence-corrected chi connectivity index (χ2v) is 12.1. The Morgan fingerprint density at radius 2 is 0.408 bits per heavy atom. The van der Waals surface area contributed by atoms with E-state index in [1.165, 1.54) is 44.5 Å². The van der Waals surface area contributed by atoms with Crippen LogP contribution in [0.4, 0.5) is 17.1 Å². The summed E-state index contributed by atoms with van der Waals surface area (Å²) in [6.07, 6.45) is 0. The summed E-state index contributed by atoms with van der Waals surface area (Å²) in [6, 6.07) is 76.1. The van der Waals surface area contributed by atoms with E-state index in [9.17, 15) is 0 Å². The molecule has 0 saturated carbocycles. The van der Waals surface area contributed by atoms with Crippen LogP contribution in [0.2, 0.25) is 0 Å². The molecular formula is C48H35N. The monoisotopic (exact) mass is 625 g/mol. The lowest BCUT2D eigenvalue weighted by molar-refractivity contribution is 1.28. The summed E-state index contributed by atoms with van der Waals surface area (Å²) in [5, 5.41) is 0. The van der Waals surface area contributed by atoms with Gasteiger partial charge in [0.05, 0.1) is 5.69 Å². The largest absolute Gasteiger partial charge is 0.309 e. The molecule has 232 valence electrons. The molecule has 0 aliphatic rings. The molecule has 0 fully saturated rings. The van der Waals surface area contributed by atoms with Crippen molar-refractivity contribution in [1.29, 1.82) is 0 Å². The molecule has 8 aromatic rings. The summed E-state index contributed by atoms with van der Waals surface area (Å²) in [4.78, 5) is 2.46. The fourth-order valence-electron chi connectivity index (χ4n) is 6.97. The summed E-state index contributed by atoms with van der Waals surface area (Å²) in [6.45, 7) is 0. The van der Waals surface area contributed by atoms with Gasteiger partial charge in [0.25, 0.3) is 0 Å². The van der Waals surface area contributed by atoms with E-state index in [-0.39, 0.29) is 0 Å². The highest BCUT2D eigenvalue weighted by atomic mass is 15.1. The molecule has 1 heteroatoms. The molecule has 0 unspecified atom stereocenters. The molecule has 8 rings (SSSR count). The number of hydrogen-bond donors (Lipinski definition) is 0. The Morgan fingerprint density at radius 3 is 0.673 bits per heavy atom. The Morgan fingerprint density at radius 1 is 0.204 bits per heavy atom. The third-order valence-corrected chi connectivity index (χ3v) is 9.04. The summed E-state index contributed by atoms with van der Waals surface area (Å²) in [5.74, 6) is 0. The number of para-hydroxylation sites is 2. The van der Waals surface area contributed by atoms with Gasteiger partial charge in [-0.2, -0.15) is 0 Å². The Kier molecular flexibility index (Phi) is 8.39. The van der Waals surface area contributed by atoms with Crippen molar-refractivity contribution >= 4 is 17.1 Å². The number of nitrogens with zero attached hydrogens (tertiary/aromatic N) is 1. The first-order valence-electron chi connectivity index (χ1n) is 16.8. The molecule has 0 aromatic heterocycles. The molecule has 0 aliphatic carbocycles. The molecule has 0 aliphatic heterocycles. The van der Waals surface area contributed by atoms with Crippen LogP contribution in [0.5, 0.6) is 0 Å². The van der Waals surface area contributed by atoms with Crippen molar-refractivity contribution in [2.24, 2.45) is 0 Å². The highest BCUT2D eigenvalue weighted by Crippen LogP contribution is 2.58. The molecular weight excluding hydrogens is 591 g/mol. The van der Waals surface area contributed by atoms with Crippen molar-refractivity contribution < 1.29 is 0 Å². The van der Waals surface area contributed by atoms with Gasteiger partial charge in [0.1, 0.15) is 0 Å². The standard InChI is InChI=1S/C48H35N/c1-8-22-36(23-9-1)43-44(37-24-10-2-11-25-37)46(39-28-14-4-15-29-39)48(49(41-32-18-6-19-33-41)42-34-20-7-21-35-42)47(40-30-16-5-17-31-40)45(43)38-26-12-3-13-27-38/h1-35H. The zero-order valence-electron chi connectivity index (χ0n) is 27.2. The van der Waals surface area contributed by atoms with Gasteiger partial charge in [0, 0.05) is 33.6 Å².